The molecular formula is C27H30N6O2. The smallest absolute Gasteiger partial charge is 0.337 e. The van der Waals surface area contributed by atoms with Gasteiger partial charge in [0.25, 0.3) is 0 Å². The van der Waals surface area contributed by atoms with Crippen LogP contribution in [-0.4, -0.2) is 50.8 Å². The van der Waals surface area contributed by atoms with Gasteiger partial charge in [-0.3, -0.25) is 4.90 Å². The lowest BCUT2D eigenvalue weighted by atomic mass is 9.88. The number of carbonyl (C=O) groups excluding carboxylic acids is 1. The summed E-state index contributed by atoms with van der Waals surface area (Å²) in [5.41, 5.74) is 11.6. The Bertz CT molecular complexity index is 1340. The number of nitrogen functional groups attached to an aromatic ring is 1. The Labute approximate surface area is 204 Å². The molecule has 4 aromatic rings. The summed E-state index contributed by atoms with van der Waals surface area (Å²) >= 11 is 0. The fraction of sp³-hybridized carbons (Fsp3) is 0.333. The van der Waals surface area contributed by atoms with Crippen LogP contribution < -0.4 is 5.73 Å². The van der Waals surface area contributed by atoms with Crippen LogP contribution in [0.1, 0.15) is 53.3 Å². The number of fused-ring (bicyclic) bond motifs is 1. The fourth-order valence-electron chi connectivity index (χ4n) is 5.17. The zero-order valence-electron chi connectivity index (χ0n) is 20.3. The number of aryl methyl sites for hydroxylation is 1. The summed E-state index contributed by atoms with van der Waals surface area (Å²) in [6.45, 7) is 4.29. The monoisotopic (exact) mass is 470 g/mol. The van der Waals surface area contributed by atoms with E-state index in [9.17, 15) is 4.79 Å². The Balaban J connectivity index is 1.33. The third kappa shape index (κ3) is 4.37. The van der Waals surface area contributed by atoms with E-state index >= 15 is 0 Å². The number of benzene rings is 1. The van der Waals surface area contributed by atoms with Crippen LogP contribution in [0, 0.1) is 0 Å². The van der Waals surface area contributed by atoms with Crippen molar-refractivity contribution in [3.8, 4) is 11.3 Å². The number of nitrogens with two attached hydrogens (primary N) is 1. The molecule has 0 amide bonds. The predicted octanol–water partition coefficient (Wildman–Crippen LogP) is 4.34. The number of pyridine rings is 1. The van der Waals surface area contributed by atoms with Crippen molar-refractivity contribution in [3.05, 3.63) is 71.5 Å². The van der Waals surface area contributed by atoms with Gasteiger partial charge in [-0.25, -0.2) is 9.78 Å². The first-order chi connectivity index (χ1) is 17.0. The summed E-state index contributed by atoms with van der Waals surface area (Å²) in [6.07, 6.45) is 3.98. The summed E-state index contributed by atoms with van der Waals surface area (Å²) in [4.78, 5) is 18.9. The van der Waals surface area contributed by atoms with E-state index in [1.165, 1.54) is 18.4 Å². The molecule has 3 aromatic heterocycles. The molecule has 1 saturated heterocycles. The molecule has 4 heterocycles. The number of rotatable bonds is 5. The second-order valence-electron chi connectivity index (χ2n) is 9.17. The minimum atomic E-state index is -0.295. The first-order valence-corrected chi connectivity index (χ1v) is 11.9. The number of hydrogen-bond acceptors (Lipinski definition) is 7. The minimum Gasteiger partial charge on any atom is -0.465 e. The van der Waals surface area contributed by atoms with Crippen LogP contribution in [0.2, 0.25) is 0 Å². The van der Waals surface area contributed by atoms with E-state index in [1.54, 1.807) is 6.07 Å². The first-order valence-electron chi connectivity index (χ1n) is 11.9. The van der Waals surface area contributed by atoms with Gasteiger partial charge < -0.3 is 15.0 Å². The third-order valence-electron chi connectivity index (χ3n) is 7.24. The van der Waals surface area contributed by atoms with Crippen molar-refractivity contribution < 1.29 is 9.53 Å². The summed E-state index contributed by atoms with van der Waals surface area (Å²) < 4.78 is 7.00. The summed E-state index contributed by atoms with van der Waals surface area (Å²) in [7, 11) is 3.49. The molecule has 8 nitrogen and oxygen atoms in total. The molecule has 35 heavy (non-hydrogen) atoms. The maximum atomic E-state index is 11.7. The number of piperidine rings is 1. The van der Waals surface area contributed by atoms with Crippen molar-refractivity contribution in [1.29, 1.82) is 0 Å². The number of likely N-dealkylation sites (tertiary alicyclic amines) is 1. The van der Waals surface area contributed by atoms with Gasteiger partial charge in [0, 0.05) is 35.9 Å². The van der Waals surface area contributed by atoms with Crippen molar-refractivity contribution >= 4 is 22.8 Å². The molecule has 1 aliphatic rings. The Morgan fingerprint density at radius 2 is 1.83 bits per heavy atom. The first kappa shape index (κ1) is 23.0. The largest absolute Gasteiger partial charge is 0.465 e. The van der Waals surface area contributed by atoms with E-state index in [0.717, 1.165) is 48.2 Å². The molecule has 8 heteroatoms. The molecule has 0 unspecified atom stereocenters. The molecule has 5 rings (SSSR count). The van der Waals surface area contributed by atoms with E-state index in [1.807, 2.05) is 30.5 Å². The Morgan fingerprint density at radius 1 is 1.09 bits per heavy atom. The van der Waals surface area contributed by atoms with E-state index in [0.29, 0.717) is 17.3 Å². The van der Waals surface area contributed by atoms with Gasteiger partial charge in [0.05, 0.1) is 18.4 Å². The highest BCUT2D eigenvalue weighted by Crippen LogP contribution is 2.35. The minimum absolute atomic E-state index is 0.252. The molecule has 0 radical (unpaired) electrons. The molecule has 0 aliphatic carbocycles. The quantitative estimate of drug-likeness (QED) is 0.433. The normalized spacial score (nSPS) is 15.9. The zero-order valence-corrected chi connectivity index (χ0v) is 20.3. The topological polar surface area (TPSA) is 99.2 Å². The fourth-order valence-corrected chi connectivity index (χ4v) is 5.17. The maximum Gasteiger partial charge on any atom is 0.337 e. The number of esters is 1. The number of methoxy groups -OCH3 is 1. The van der Waals surface area contributed by atoms with E-state index < -0.39 is 0 Å². The second kappa shape index (κ2) is 9.46. The van der Waals surface area contributed by atoms with Gasteiger partial charge >= 0.3 is 5.97 Å². The molecule has 0 spiro atoms. The molecular weight excluding hydrogens is 440 g/mol. The van der Waals surface area contributed by atoms with E-state index in [4.69, 9.17) is 10.5 Å². The lowest BCUT2D eigenvalue weighted by molar-refractivity contribution is 0.0600. The third-order valence-corrected chi connectivity index (χ3v) is 7.24. The lowest BCUT2D eigenvalue weighted by Crippen LogP contribution is -2.35. The van der Waals surface area contributed by atoms with Gasteiger partial charge in [-0.15, -0.1) is 10.2 Å². The van der Waals surface area contributed by atoms with E-state index in [-0.39, 0.29) is 12.0 Å². The number of hydrogen-bond donors (Lipinski definition) is 1. The van der Waals surface area contributed by atoms with E-state index in [2.05, 4.69) is 56.8 Å². The molecule has 0 bridgehead atoms. The van der Waals surface area contributed by atoms with Crippen molar-refractivity contribution in [2.45, 2.75) is 31.7 Å². The summed E-state index contributed by atoms with van der Waals surface area (Å²) in [6, 6.07) is 16.0. The zero-order chi connectivity index (χ0) is 24.5. The molecule has 1 atom stereocenters. The average molecular weight is 471 g/mol. The second-order valence-corrected chi connectivity index (χ2v) is 9.17. The van der Waals surface area contributed by atoms with Gasteiger partial charge in [0.2, 0.25) is 0 Å². The van der Waals surface area contributed by atoms with Crippen molar-refractivity contribution in [1.82, 2.24) is 24.6 Å². The summed E-state index contributed by atoms with van der Waals surface area (Å²) in [5.74, 6) is 0.607. The van der Waals surface area contributed by atoms with Crippen LogP contribution in [0.5, 0.6) is 0 Å². The standard InChI is InChI=1S/C27H30N6O2/c1-17(33-14-11-19(12-15-33)18-4-6-20(7-5-18)27(34)35-3)24-16-22-21(10-13-29-26(22)32(24)2)23-8-9-25(28)31-30-23/h4-10,13,16-17,19H,11-12,14-15H2,1-3H3,(H2,28,31)/t17-/m0/s1. The predicted molar refractivity (Wildman–Crippen MR) is 136 cm³/mol. The molecule has 1 aliphatic heterocycles. The van der Waals surface area contributed by atoms with Crippen molar-refractivity contribution in [3.63, 3.8) is 0 Å². The van der Waals surface area contributed by atoms with Crippen LogP contribution >= 0.6 is 0 Å². The number of ether oxygens (including phenoxy) is 1. The lowest BCUT2D eigenvalue weighted by Gasteiger charge is -2.36. The van der Waals surface area contributed by atoms with Gasteiger partial charge in [0.1, 0.15) is 11.5 Å². The number of anilines is 1. The SMILES string of the molecule is COC(=O)c1ccc(C2CCN([C@@H](C)c3cc4c(-c5ccc(N)nn5)ccnc4n3C)CC2)cc1. The van der Waals surface area contributed by atoms with Gasteiger partial charge in [0.15, 0.2) is 0 Å². The van der Waals surface area contributed by atoms with Crippen molar-refractivity contribution in [2.24, 2.45) is 7.05 Å². The molecule has 1 fully saturated rings. The van der Waals surface area contributed by atoms with Crippen LogP contribution in [0.4, 0.5) is 5.82 Å². The van der Waals surface area contributed by atoms with Gasteiger partial charge in [-0.1, -0.05) is 12.1 Å². The van der Waals surface area contributed by atoms with Gasteiger partial charge in [-0.05, 0) is 80.7 Å². The van der Waals surface area contributed by atoms with Crippen molar-refractivity contribution in [2.75, 3.05) is 25.9 Å². The number of aromatic nitrogens is 4. The van der Waals surface area contributed by atoms with Crippen LogP contribution in [-0.2, 0) is 11.8 Å². The molecule has 0 saturated carbocycles. The average Bonchev–Trinajstić information content (AvgIpc) is 3.25. The highest BCUT2D eigenvalue weighted by molar-refractivity contribution is 5.93. The van der Waals surface area contributed by atoms with Gasteiger partial charge in [-0.2, -0.15) is 0 Å². The maximum absolute atomic E-state index is 11.7. The Kier molecular flexibility index (Phi) is 6.21. The highest BCUT2D eigenvalue weighted by Gasteiger charge is 2.27. The van der Waals surface area contributed by atoms with Crippen LogP contribution in [0.25, 0.3) is 22.3 Å². The number of nitrogens with zero attached hydrogens (tertiary/aromatic N) is 5. The van der Waals surface area contributed by atoms with Crippen LogP contribution in [0.15, 0.2) is 54.7 Å². The molecule has 2 N–H and O–H groups in total. The molecule has 180 valence electrons. The Hall–Kier alpha value is -3.78. The van der Waals surface area contributed by atoms with Crippen LogP contribution in [0.3, 0.4) is 0 Å². The number of carbonyl (C=O) groups is 1. The molecule has 1 aromatic carbocycles. The summed E-state index contributed by atoms with van der Waals surface area (Å²) in [5, 5.41) is 9.37. The highest BCUT2D eigenvalue weighted by atomic mass is 16.5. The Morgan fingerprint density at radius 3 is 2.49 bits per heavy atom.